The minimum atomic E-state index is -4.78. The number of nitrogens with two attached hydrogens (primary N) is 1. The van der Waals surface area contributed by atoms with E-state index in [-0.39, 0.29) is 10.8 Å². The lowest BCUT2D eigenvalue weighted by molar-refractivity contribution is -0.274. The van der Waals surface area contributed by atoms with Crippen molar-refractivity contribution in [3.05, 3.63) is 28.1 Å². The molecule has 0 spiro atoms. The van der Waals surface area contributed by atoms with E-state index in [1.165, 1.54) is 43.1 Å². The molecule has 3 rings (SSSR count). The number of ether oxygens (including phenoxy) is 1. The van der Waals surface area contributed by atoms with Crippen LogP contribution in [0.4, 0.5) is 18.3 Å². The molecule has 1 fully saturated rings. The van der Waals surface area contributed by atoms with Crippen molar-refractivity contribution < 1.29 is 17.9 Å². The van der Waals surface area contributed by atoms with E-state index >= 15 is 0 Å². The molecule has 28 heavy (non-hydrogen) atoms. The van der Waals surface area contributed by atoms with Gasteiger partial charge in [0.2, 0.25) is 0 Å². The highest BCUT2D eigenvalue weighted by atomic mass is 35.5. The maximum Gasteiger partial charge on any atom is 0.573 e. The second-order valence-corrected chi connectivity index (χ2v) is 9.21. The first-order valence-electron chi connectivity index (χ1n) is 9.44. The molecule has 1 aliphatic carbocycles. The van der Waals surface area contributed by atoms with Crippen LogP contribution in [-0.2, 0) is 6.42 Å². The number of anilines is 1. The van der Waals surface area contributed by atoms with Crippen LogP contribution >= 0.6 is 22.9 Å². The molecule has 2 N–H and O–H groups in total. The first-order valence-corrected chi connectivity index (χ1v) is 10.6. The zero-order chi connectivity index (χ0) is 20.5. The summed E-state index contributed by atoms with van der Waals surface area (Å²) in [5, 5.41) is 0.551. The summed E-state index contributed by atoms with van der Waals surface area (Å²) in [6.07, 6.45) is 1.02. The van der Waals surface area contributed by atoms with Crippen molar-refractivity contribution >= 4 is 28.1 Å². The van der Waals surface area contributed by atoms with Gasteiger partial charge in [-0.15, -0.1) is 24.5 Å². The highest BCUT2D eigenvalue weighted by Crippen LogP contribution is 2.40. The summed E-state index contributed by atoms with van der Waals surface area (Å²) in [6.45, 7) is 4.54. The Labute approximate surface area is 172 Å². The van der Waals surface area contributed by atoms with Gasteiger partial charge in [-0.1, -0.05) is 44.7 Å². The second kappa shape index (κ2) is 8.49. The van der Waals surface area contributed by atoms with Crippen LogP contribution in [0.2, 0.25) is 5.02 Å². The van der Waals surface area contributed by atoms with Crippen LogP contribution in [0, 0.1) is 17.8 Å². The minimum absolute atomic E-state index is 0.156. The lowest BCUT2D eigenvalue weighted by Gasteiger charge is -2.33. The standard InChI is InChI=1S/C20H24ClF3N2OS/c1-11-5-3-4-6-16(11)12(2)7-17-18(26-19(25)28-17)13-8-14(21)10-15(9-13)27-20(22,23)24/h8-12,16H,3-7H2,1-2H3,(H2,25,26)/t11-,12?,16?/m1/s1. The maximum atomic E-state index is 12.6. The lowest BCUT2D eigenvalue weighted by atomic mass is 9.73. The first-order chi connectivity index (χ1) is 13.1. The fraction of sp³-hybridized carbons (Fsp3) is 0.550. The van der Waals surface area contributed by atoms with E-state index in [4.69, 9.17) is 17.3 Å². The Kier molecular flexibility index (Phi) is 6.44. The number of hydrogen-bond donors (Lipinski definition) is 1. The van der Waals surface area contributed by atoms with Crippen molar-refractivity contribution in [1.82, 2.24) is 4.98 Å². The van der Waals surface area contributed by atoms with E-state index in [2.05, 4.69) is 23.6 Å². The van der Waals surface area contributed by atoms with Gasteiger partial charge in [-0.3, -0.25) is 0 Å². The normalized spacial score (nSPS) is 21.5. The average Bonchev–Trinajstić information content (AvgIpc) is 2.93. The molecule has 3 atom stereocenters. The van der Waals surface area contributed by atoms with Crippen molar-refractivity contribution in [2.24, 2.45) is 17.8 Å². The molecule has 8 heteroatoms. The molecule has 1 aliphatic rings. The number of nitrogens with zero attached hydrogens (tertiary/aromatic N) is 1. The quantitative estimate of drug-likeness (QED) is 0.556. The number of thiazole rings is 1. The third kappa shape index (κ3) is 5.32. The predicted molar refractivity (Wildman–Crippen MR) is 108 cm³/mol. The van der Waals surface area contributed by atoms with Gasteiger partial charge in [-0.2, -0.15) is 0 Å². The summed E-state index contributed by atoms with van der Waals surface area (Å²) in [4.78, 5) is 5.35. The van der Waals surface area contributed by atoms with Crippen LogP contribution in [0.1, 0.15) is 44.4 Å². The largest absolute Gasteiger partial charge is 0.573 e. The molecular formula is C20H24ClF3N2OS. The Balaban J connectivity index is 1.88. The van der Waals surface area contributed by atoms with E-state index in [9.17, 15) is 13.2 Å². The van der Waals surface area contributed by atoms with Gasteiger partial charge in [0.1, 0.15) is 5.75 Å². The molecule has 1 aromatic heterocycles. The summed E-state index contributed by atoms with van der Waals surface area (Å²) < 4.78 is 41.9. The zero-order valence-electron chi connectivity index (χ0n) is 15.9. The van der Waals surface area contributed by atoms with Crippen LogP contribution in [0.5, 0.6) is 5.75 Å². The van der Waals surface area contributed by atoms with Crippen LogP contribution in [-0.4, -0.2) is 11.3 Å². The van der Waals surface area contributed by atoms with Crippen LogP contribution < -0.4 is 10.5 Å². The van der Waals surface area contributed by atoms with E-state index in [0.29, 0.717) is 34.1 Å². The highest BCUT2D eigenvalue weighted by Gasteiger charge is 2.32. The van der Waals surface area contributed by atoms with Gasteiger partial charge in [0.05, 0.1) is 5.69 Å². The predicted octanol–water partition coefficient (Wildman–Crippen LogP) is 6.95. The number of nitrogen functional groups attached to an aromatic ring is 1. The Morgan fingerprint density at radius 3 is 2.68 bits per heavy atom. The summed E-state index contributed by atoms with van der Waals surface area (Å²) in [5.74, 6) is 1.39. The Morgan fingerprint density at radius 2 is 2.00 bits per heavy atom. The number of rotatable bonds is 5. The van der Waals surface area contributed by atoms with Crippen LogP contribution in [0.15, 0.2) is 18.2 Å². The van der Waals surface area contributed by atoms with Gasteiger partial charge in [0, 0.05) is 15.5 Å². The monoisotopic (exact) mass is 432 g/mol. The van der Waals surface area contributed by atoms with Crippen molar-refractivity contribution in [3.8, 4) is 17.0 Å². The maximum absolute atomic E-state index is 12.6. The molecule has 154 valence electrons. The Bertz CT molecular complexity index is 824. The third-order valence-electron chi connectivity index (χ3n) is 5.51. The third-order valence-corrected chi connectivity index (χ3v) is 6.63. The van der Waals surface area contributed by atoms with E-state index < -0.39 is 6.36 Å². The summed E-state index contributed by atoms with van der Waals surface area (Å²) >= 11 is 7.42. The van der Waals surface area contributed by atoms with Gasteiger partial charge < -0.3 is 10.5 Å². The molecule has 0 bridgehead atoms. The molecule has 0 aliphatic heterocycles. The summed E-state index contributed by atoms with van der Waals surface area (Å²) in [5.41, 5.74) is 7.01. The molecule has 1 heterocycles. The number of benzene rings is 1. The minimum Gasteiger partial charge on any atom is -0.406 e. The fourth-order valence-corrected chi connectivity index (χ4v) is 5.48. The molecule has 2 unspecified atom stereocenters. The average molecular weight is 433 g/mol. The molecule has 2 aromatic rings. The van der Waals surface area contributed by atoms with E-state index in [1.807, 2.05) is 0 Å². The van der Waals surface area contributed by atoms with Crippen LogP contribution in [0.25, 0.3) is 11.3 Å². The van der Waals surface area contributed by atoms with Gasteiger partial charge in [0.15, 0.2) is 5.13 Å². The van der Waals surface area contributed by atoms with Gasteiger partial charge in [-0.05, 0) is 48.8 Å². The van der Waals surface area contributed by atoms with Gasteiger partial charge in [0.25, 0.3) is 0 Å². The topological polar surface area (TPSA) is 48.1 Å². The number of alkyl halides is 3. The molecule has 1 aromatic carbocycles. The van der Waals surface area contributed by atoms with Crippen molar-refractivity contribution in [3.63, 3.8) is 0 Å². The molecule has 0 amide bonds. The zero-order valence-corrected chi connectivity index (χ0v) is 17.4. The molecule has 3 nitrogen and oxygen atoms in total. The number of aromatic nitrogens is 1. The second-order valence-electron chi connectivity index (χ2n) is 7.65. The molecule has 0 saturated heterocycles. The first kappa shape index (κ1) is 21.2. The summed E-state index contributed by atoms with van der Waals surface area (Å²) in [7, 11) is 0. The lowest BCUT2D eigenvalue weighted by Crippen LogP contribution is -2.24. The van der Waals surface area contributed by atoms with Crippen molar-refractivity contribution in [1.29, 1.82) is 0 Å². The van der Waals surface area contributed by atoms with Gasteiger partial charge in [-0.25, -0.2) is 4.98 Å². The Hall–Kier alpha value is -1.47. The number of hydrogen-bond acceptors (Lipinski definition) is 4. The van der Waals surface area contributed by atoms with Crippen LogP contribution in [0.3, 0.4) is 0 Å². The van der Waals surface area contributed by atoms with Crippen molar-refractivity contribution in [2.45, 2.75) is 52.3 Å². The molecule has 1 saturated carbocycles. The fourth-order valence-electron chi connectivity index (χ4n) is 4.26. The van der Waals surface area contributed by atoms with E-state index in [1.54, 1.807) is 6.07 Å². The number of halogens is 4. The van der Waals surface area contributed by atoms with Gasteiger partial charge >= 0.3 is 6.36 Å². The van der Waals surface area contributed by atoms with E-state index in [0.717, 1.165) is 17.4 Å². The smallest absolute Gasteiger partial charge is 0.406 e. The molecule has 0 radical (unpaired) electrons. The Morgan fingerprint density at radius 1 is 1.29 bits per heavy atom. The summed E-state index contributed by atoms with van der Waals surface area (Å²) in [6, 6.07) is 4.04. The highest BCUT2D eigenvalue weighted by molar-refractivity contribution is 7.15. The molecular weight excluding hydrogens is 409 g/mol. The SMILES string of the molecule is CC(Cc1sc(N)nc1-c1cc(Cl)cc(OC(F)(F)F)c1)C1CCCC[C@H]1C. The van der Waals surface area contributed by atoms with Crippen molar-refractivity contribution in [2.75, 3.05) is 5.73 Å².